The van der Waals surface area contributed by atoms with Crippen molar-refractivity contribution in [2.45, 2.75) is 32.8 Å². The quantitative estimate of drug-likeness (QED) is 0.856. The molecule has 0 amide bonds. The van der Waals surface area contributed by atoms with Crippen molar-refractivity contribution < 1.29 is 9.84 Å². The molecular formula is C15H18O2. The molecule has 2 rings (SSSR count). The lowest BCUT2D eigenvalue weighted by Crippen LogP contribution is -2.13. The fourth-order valence-corrected chi connectivity index (χ4v) is 1.93. The number of benzene rings is 2. The van der Waals surface area contributed by atoms with E-state index in [0.29, 0.717) is 0 Å². The second-order valence-corrected chi connectivity index (χ2v) is 4.25. The van der Waals surface area contributed by atoms with Crippen molar-refractivity contribution in [1.29, 1.82) is 0 Å². The van der Waals surface area contributed by atoms with Crippen LogP contribution in [0.25, 0.3) is 10.8 Å². The highest BCUT2D eigenvalue weighted by Crippen LogP contribution is 2.25. The zero-order valence-electron chi connectivity index (χ0n) is 10.3. The van der Waals surface area contributed by atoms with Crippen LogP contribution in [0, 0.1) is 0 Å². The van der Waals surface area contributed by atoms with E-state index in [1.54, 1.807) is 12.1 Å². The first-order valence-corrected chi connectivity index (χ1v) is 6.12. The van der Waals surface area contributed by atoms with E-state index in [1.165, 1.54) is 0 Å². The number of aromatic hydroxyl groups is 1. The third kappa shape index (κ3) is 2.70. The Bertz CT molecular complexity index is 501. The number of phenolic OH excluding ortho intramolecular Hbond substituents is 1. The van der Waals surface area contributed by atoms with Gasteiger partial charge in [-0.15, -0.1) is 0 Å². The van der Waals surface area contributed by atoms with Crippen LogP contribution in [0.1, 0.15) is 26.7 Å². The minimum Gasteiger partial charge on any atom is -0.508 e. The molecule has 0 heterocycles. The molecule has 0 bridgehead atoms. The van der Waals surface area contributed by atoms with E-state index < -0.39 is 0 Å². The third-order valence-corrected chi connectivity index (χ3v) is 3.01. The van der Waals surface area contributed by atoms with Gasteiger partial charge in [0.2, 0.25) is 0 Å². The Morgan fingerprint density at radius 3 is 2.41 bits per heavy atom. The third-order valence-electron chi connectivity index (χ3n) is 3.01. The molecule has 0 spiro atoms. The number of ether oxygens (including phenoxy) is 1. The first-order chi connectivity index (χ1) is 8.22. The zero-order chi connectivity index (χ0) is 12.3. The van der Waals surface area contributed by atoms with E-state index in [-0.39, 0.29) is 11.9 Å². The van der Waals surface area contributed by atoms with Crippen LogP contribution < -0.4 is 4.74 Å². The summed E-state index contributed by atoms with van der Waals surface area (Å²) in [6, 6.07) is 11.3. The molecule has 2 aromatic carbocycles. The van der Waals surface area contributed by atoms with Gasteiger partial charge in [0.15, 0.2) is 0 Å². The van der Waals surface area contributed by atoms with Crippen LogP contribution in [0.15, 0.2) is 36.4 Å². The van der Waals surface area contributed by atoms with Gasteiger partial charge in [-0.3, -0.25) is 0 Å². The molecule has 2 nitrogen and oxygen atoms in total. The summed E-state index contributed by atoms with van der Waals surface area (Å²) in [4.78, 5) is 0. The molecule has 2 heteroatoms. The maximum Gasteiger partial charge on any atom is 0.120 e. The number of rotatable bonds is 4. The van der Waals surface area contributed by atoms with E-state index in [9.17, 15) is 5.11 Å². The van der Waals surface area contributed by atoms with Gasteiger partial charge in [-0.2, -0.15) is 0 Å². The Hall–Kier alpha value is -1.70. The van der Waals surface area contributed by atoms with Gasteiger partial charge in [0.25, 0.3) is 0 Å². The van der Waals surface area contributed by atoms with Crippen LogP contribution in [0.3, 0.4) is 0 Å². The minimum atomic E-state index is 0.268. The molecule has 0 aromatic heterocycles. The summed E-state index contributed by atoms with van der Waals surface area (Å²) >= 11 is 0. The summed E-state index contributed by atoms with van der Waals surface area (Å²) < 4.78 is 5.88. The van der Waals surface area contributed by atoms with Crippen LogP contribution in [0.2, 0.25) is 0 Å². The molecule has 0 saturated heterocycles. The lowest BCUT2D eigenvalue weighted by molar-refractivity contribution is 0.193. The Labute approximate surface area is 102 Å². The molecule has 0 unspecified atom stereocenters. The van der Waals surface area contributed by atoms with Gasteiger partial charge >= 0.3 is 0 Å². The van der Waals surface area contributed by atoms with Crippen LogP contribution in [0.4, 0.5) is 0 Å². The smallest absolute Gasteiger partial charge is 0.120 e. The number of hydrogen-bond acceptors (Lipinski definition) is 2. The van der Waals surface area contributed by atoms with E-state index >= 15 is 0 Å². The van der Waals surface area contributed by atoms with Gasteiger partial charge in [0.1, 0.15) is 11.5 Å². The average molecular weight is 230 g/mol. The van der Waals surface area contributed by atoms with Gasteiger partial charge in [-0.1, -0.05) is 26.0 Å². The molecule has 0 aliphatic rings. The topological polar surface area (TPSA) is 29.5 Å². The number of hydrogen-bond donors (Lipinski definition) is 1. The maximum absolute atomic E-state index is 9.45. The van der Waals surface area contributed by atoms with E-state index in [2.05, 4.69) is 13.8 Å². The van der Waals surface area contributed by atoms with Gasteiger partial charge in [0.05, 0.1) is 6.10 Å². The molecule has 2 aromatic rings. The molecule has 1 N–H and O–H groups in total. The number of fused-ring (bicyclic) bond motifs is 1. The molecular weight excluding hydrogens is 212 g/mol. The number of phenols is 1. The molecule has 0 aliphatic heterocycles. The largest absolute Gasteiger partial charge is 0.508 e. The Morgan fingerprint density at radius 1 is 1.00 bits per heavy atom. The molecule has 0 radical (unpaired) electrons. The zero-order valence-corrected chi connectivity index (χ0v) is 10.3. The van der Waals surface area contributed by atoms with Crippen LogP contribution in [-0.2, 0) is 0 Å². The van der Waals surface area contributed by atoms with Crippen LogP contribution in [-0.4, -0.2) is 11.2 Å². The van der Waals surface area contributed by atoms with Crippen LogP contribution in [0.5, 0.6) is 11.5 Å². The summed E-state index contributed by atoms with van der Waals surface area (Å²) in [7, 11) is 0. The summed E-state index contributed by atoms with van der Waals surface area (Å²) in [5.41, 5.74) is 0. The van der Waals surface area contributed by atoms with Crippen molar-refractivity contribution >= 4 is 10.8 Å². The summed E-state index contributed by atoms with van der Waals surface area (Å²) in [6.45, 7) is 4.25. The lowest BCUT2D eigenvalue weighted by Gasteiger charge is -2.15. The lowest BCUT2D eigenvalue weighted by atomic mass is 10.1. The molecule has 90 valence electrons. The van der Waals surface area contributed by atoms with E-state index in [0.717, 1.165) is 29.4 Å². The Kier molecular flexibility index (Phi) is 3.52. The molecule has 0 aliphatic carbocycles. The van der Waals surface area contributed by atoms with E-state index in [4.69, 9.17) is 4.74 Å². The van der Waals surface area contributed by atoms with Crippen molar-refractivity contribution in [2.24, 2.45) is 0 Å². The van der Waals surface area contributed by atoms with Gasteiger partial charge < -0.3 is 9.84 Å². The highest BCUT2D eigenvalue weighted by molar-refractivity contribution is 5.85. The highest BCUT2D eigenvalue weighted by Gasteiger charge is 2.05. The predicted molar refractivity (Wildman–Crippen MR) is 70.6 cm³/mol. The molecule has 0 saturated carbocycles. The normalized spacial score (nSPS) is 11.0. The molecule has 0 atom stereocenters. The minimum absolute atomic E-state index is 0.268. The van der Waals surface area contributed by atoms with Gasteiger partial charge in [-0.05, 0) is 47.9 Å². The van der Waals surface area contributed by atoms with Crippen molar-refractivity contribution in [2.75, 3.05) is 0 Å². The molecule has 17 heavy (non-hydrogen) atoms. The van der Waals surface area contributed by atoms with Gasteiger partial charge in [0, 0.05) is 0 Å². The monoisotopic (exact) mass is 230 g/mol. The SMILES string of the molecule is CCC(CC)Oc1ccc2ccc(O)cc2c1. The summed E-state index contributed by atoms with van der Waals surface area (Å²) in [5.74, 6) is 1.16. The fourth-order valence-electron chi connectivity index (χ4n) is 1.93. The van der Waals surface area contributed by atoms with Crippen molar-refractivity contribution in [1.82, 2.24) is 0 Å². The van der Waals surface area contributed by atoms with E-state index in [1.807, 2.05) is 24.3 Å². The Morgan fingerprint density at radius 2 is 1.71 bits per heavy atom. The molecule has 0 fully saturated rings. The Balaban J connectivity index is 2.30. The maximum atomic E-state index is 9.45. The summed E-state index contributed by atoms with van der Waals surface area (Å²) in [5, 5.41) is 11.6. The fraction of sp³-hybridized carbons (Fsp3) is 0.333. The second kappa shape index (κ2) is 5.09. The first-order valence-electron chi connectivity index (χ1n) is 6.12. The van der Waals surface area contributed by atoms with Crippen molar-refractivity contribution in [3.63, 3.8) is 0 Å². The van der Waals surface area contributed by atoms with Crippen molar-refractivity contribution in [3.8, 4) is 11.5 Å². The summed E-state index contributed by atoms with van der Waals surface area (Å²) in [6.07, 6.45) is 2.29. The highest BCUT2D eigenvalue weighted by atomic mass is 16.5. The van der Waals surface area contributed by atoms with Crippen LogP contribution >= 0.6 is 0 Å². The van der Waals surface area contributed by atoms with Crippen molar-refractivity contribution in [3.05, 3.63) is 36.4 Å². The first kappa shape index (κ1) is 11.8. The average Bonchev–Trinajstić information content (AvgIpc) is 2.35. The second-order valence-electron chi connectivity index (χ2n) is 4.25. The standard InChI is InChI=1S/C15H18O2/c1-3-14(4-2)17-15-8-6-11-5-7-13(16)9-12(11)10-15/h5-10,14,16H,3-4H2,1-2H3. The van der Waals surface area contributed by atoms with Gasteiger partial charge in [-0.25, -0.2) is 0 Å². The predicted octanol–water partition coefficient (Wildman–Crippen LogP) is 4.11.